The molecule has 16 heavy (non-hydrogen) atoms. The van der Waals surface area contributed by atoms with Gasteiger partial charge in [-0.05, 0) is 31.0 Å². The lowest BCUT2D eigenvalue weighted by atomic mass is 10.1. The molecule has 0 bridgehead atoms. The third-order valence-electron chi connectivity index (χ3n) is 3.58. The second-order valence-electron chi connectivity index (χ2n) is 6.17. The Morgan fingerprint density at radius 2 is 1.88 bits per heavy atom. The van der Waals surface area contributed by atoms with E-state index in [-0.39, 0.29) is 0 Å². The molecule has 0 rings (SSSR count). The van der Waals surface area contributed by atoms with Crippen molar-refractivity contribution in [3.63, 3.8) is 0 Å². The molecule has 1 unspecified atom stereocenters. The molecule has 0 aliphatic rings. The van der Waals surface area contributed by atoms with Crippen LogP contribution >= 0.6 is 0 Å². The first kappa shape index (κ1) is 15.9. The highest BCUT2D eigenvalue weighted by molar-refractivity contribution is 6.74. The Morgan fingerprint density at radius 1 is 1.31 bits per heavy atom. The summed E-state index contributed by atoms with van der Waals surface area (Å²) in [6.07, 6.45) is 7.05. The highest BCUT2D eigenvalue weighted by atomic mass is 28.4. The highest BCUT2D eigenvalue weighted by Crippen LogP contribution is 2.38. The van der Waals surface area contributed by atoms with Crippen LogP contribution in [0.5, 0.6) is 0 Å². The van der Waals surface area contributed by atoms with Crippen LogP contribution in [0.2, 0.25) is 18.1 Å². The fourth-order valence-corrected chi connectivity index (χ4v) is 2.84. The molecule has 0 amide bonds. The van der Waals surface area contributed by atoms with E-state index in [0.29, 0.717) is 11.1 Å². The van der Waals surface area contributed by atoms with Gasteiger partial charge >= 0.3 is 0 Å². The van der Waals surface area contributed by atoms with E-state index in [1.54, 1.807) is 0 Å². The average molecular weight is 242 g/mol. The van der Waals surface area contributed by atoms with Crippen LogP contribution in [0, 0.1) is 0 Å². The van der Waals surface area contributed by atoms with Crippen molar-refractivity contribution < 1.29 is 4.43 Å². The summed E-state index contributed by atoms with van der Waals surface area (Å²) in [6.45, 7) is 17.6. The van der Waals surface area contributed by atoms with Crippen LogP contribution in [-0.4, -0.2) is 14.4 Å². The topological polar surface area (TPSA) is 9.23 Å². The van der Waals surface area contributed by atoms with Gasteiger partial charge in [0.2, 0.25) is 0 Å². The first-order valence-corrected chi connectivity index (χ1v) is 9.44. The molecule has 0 aromatic carbocycles. The van der Waals surface area contributed by atoms with Crippen molar-refractivity contribution in [2.45, 2.75) is 77.6 Å². The Labute approximate surface area is 103 Å². The quantitative estimate of drug-likeness (QED) is 0.443. The van der Waals surface area contributed by atoms with Crippen molar-refractivity contribution >= 4 is 8.32 Å². The number of hydrogen-bond acceptors (Lipinski definition) is 1. The molecule has 0 aromatic heterocycles. The minimum Gasteiger partial charge on any atom is -0.414 e. The molecule has 0 aliphatic heterocycles. The Bertz CT molecular complexity index is 203. The van der Waals surface area contributed by atoms with Gasteiger partial charge in [0.05, 0.1) is 0 Å². The highest BCUT2D eigenvalue weighted by Gasteiger charge is 2.38. The van der Waals surface area contributed by atoms with Crippen LogP contribution in [0.4, 0.5) is 0 Å². The van der Waals surface area contributed by atoms with Gasteiger partial charge in [-0.2, -0.15) is 0 Å². The van der Waals surface area contributed by atoms with E-state index in [2.05, 4.69) is 47.4 Å². The summed E-state index contributed by atoms with van der Waals surface area (Å²) < 4.78 is 6.41. The second-order valence-corrected chi connectivity index (χ2v) is 10.9. The molecule has 0 saturated carbocycles. The van der Waals surface area contributed by atoms with E-state index in [1.807, 2.05) is 6.08 Å². The molecule has 0 fully saturated rings. The lowest BCUT2D eigenvalue weighted by Crippen LogP contribution is -2.43. The molecule has 0 spiro atoms. The molecule has 96 valence electrons. The van der Waals surface area contributed by atoms with Gasteiger partial charge in [0, 0.05) is 6.10 Å². The van der Waals surface area contributed by atoms with Gasteiger partial charge in [-0.3, -0.25) is 0 Å². The lowest BCUT2D eigenvalue weighted by Gasteiger charge is -2.39. The van der Waals surface area contributed by atoms with Gasteiger partial charge in [-0.25, -0.2) is 0 Å². The Morgan fingerprint density at radius 3 is 2.25 bits per heavy atom. The summed E-state index contributed by atoms with van der Waals surface area (Å²) in [5.41, 5.74) is 0. The molecule has 2 heteroatoms. The first-order valence-electron chi connectivity index (χ1n) is 6.53. The minimum atomic E-state index is -1.60. The van der Waals surface area contributed by atoms with Crippen molar-refractivity contribution in [3.05, 3.63) is 12.7 Å². The predicted molar refractivity (Wildman–Crippen MR) is 76.4 cm³/mol. The van der Waals surface area contributed by atoms with Gasteiger partial charge in [0.1, 0.15) is 0 Å². The molecular formula is C14H30OSi. The number of unbranched alkanes of at least 4 members (excludes halogenated alkanes) is 1. The van der Waals surface area contributed by atoms with Gasteiger partial charge < -0.3 is 4.43 Å². The van der Waals surface area contributed by atoms with E-state index in [4.69, 9.17) is 4.43 Å². The largest absolute Gasteiger partial charge is 0.414 e. The third-order valence-corrected chi connectivity index (χ3v) is 8.11. The number of rotatable bonds is 7. The van der Waals surface area contributed by atoms with Crippen molar-refractivity contribution in [3.8, 4) is 0 Å². The summed E-state index contributed by atoms with van der Waals surface area (Å²) in [5.74, 6) is 0. The van der Waals surface area contributed by atoms with E-state index < -0.39 is 8.32 Å². The van der Waals surface area contributed by atoms with Crippen LogP contribution in [0.15, 0.2) is 12.7 Å². The predicted octanol–water partition coefficient (Wildman–Crippen LogP) is 5.14. The fourth-order valence-electron chi connectivity index (χ4n) is 1.44. The zero-order chi connectivity index (χ0) is 12.8. The van der Waals surface area contributed by atoms with Crippen molar-refractivity contribution in [2.75, 3.05) is 0 Å². The molecule has 1 atom stereocenters. The SMILES string of the molecule is C=CCC(CCCC)O[Si](C)(C)C(C)(C)C. The van der Waals surface area contributed by atoms with Crippen molar-refractivity contribution in [2.24, 2.45) is 0 Å². The average Bonchev–Trinajstić information content (AvgIpc) is 2.12. The number of hydrogen-bond donors (Lipinski definition) is 0. The van der Waals surface area contributed by atoms with Crippen LogP contribution in [0.25, 0.3) is 0 Å². The lowest BCUT2D eigenvalue weighted by molar-refractivity contribution is 0.171. The van der Waals surface area contributed by atoms with Crippen molar-refractivity contribution in [1.82, 2.24) is 0 Å². The van der Waals surface area contributed by atoms with Crippen LogP contribution in [0.1, 0.15) is 53.4 Å². The van der Waals surface area contributed by atoms with Crippen LogP contribution in [0.3, 0.4) is 0 Å². The second kappa shape index (κ2) is 6.60. The van der Waals surface area contributed by atoms with Crippen LogP contribution in [-0.2, 0) is 4.43 Å². The maximum absolute atomic E-state index is 6.41. The molecule has 0 aliphatic carbocycles. The Balaban J connectivity index is 4.42. The molecule has 0 aromatic rings. The summed E-state index contributed by atoms with van der Waals surface area (Å²) in [7, 11) is -1.60. The minimum absolute atomic E-state index is 0.304. The van der Waals surface area contributed by atoms with Crippen molar-refractivity contribution in [1.29, 1.82) is 0 Å². The summed E-state index contributed by atoms with van der Waals surface area (Å²) in [5, 5.41) is 0.304. The maximum Gasteiger partial charge on any atom is 0.192 e. The summed E-state index contributed by atoms with van der Waals surface area (Å²) in [6, 6.07) is 0. The van der Waals surface area contributed by atoms with Gasteiger partial charge in [-0.1, -0.05) is 46.6 Å². The van der Waals surface area contributed by atoms with Gasteiger partial charge in [0.25, 0.3) is 0 Å². The monoisotopic (exact) mass is 242 g/mol. The molecule has 0 radical (unpaired) electrons. The molecule has 0 N–H and O–H groups in total. The zero-order valence-corrected chi connectivity index (χ0v) is 13.1. The standard InChI is InChI=1S/C14H30OSi/c1-8-10-12-13(11-9-2)15-16(6,7)14(3,4)5/h9,13H,2,8,10-12H2,1,3-7H3. The first-order chi connectivity index (χ1) is 7.24. The molecule has 0 saturated heterocycles. The third kappa shape index (κ3) is 5.31. The van der Waals surface area contributed by atoms with E-state index in [1.165, 1.54) is 19.3 Å². The Hall–Kier alpha value is -0.0831. The fraction of sp³-hybridized carbons (Fsp3) is 0.857. The van der Waals surface area contributed by atoms with Crippen LogP contribution < -0.4 is 0 Å². The summed E-state index contributed by atoms with van der Waals surface area (Å²) in [4.78, 5) is 0. The molecule has 1 nitrogen and oxygen atoms in total. The smallest absolute Gasteiger partial charge is 0.192 e. The zero-order valence-electron chi connectivity index (χ0n) is 12.1. The van der Waals surface area contributed by atoms with E-state index in [0.717, 1.165) is 6.42 Å². The Kier molecular flexibility index (Phi) is 6.57. The normalized spacial score (nSPS) is 14.9. The van der Waals surface area contributed by atoms with Gasteiger partial charge in [0.15, 0.2) is 8.32 Å². The van der Waals surface area contributed by atoms with E-state index >= 15 is 0 Å². The maximum atomic E-state index is 6.41. The molecular weight excluding hydrogens is 212 g/mol. The van der Waals surface area contributed by atoms with Gasteiger partial charge in [-0.15, -0.1) is 6.58 Å². The van der Waals surface area contributed by atoms with E-state index in [9.17, 15) is 0 Å². The molecule has 0 heterocycles. The summed E-state index contributed by atoms with van der Waals surface area (Å²) >= 11 is 0.